The van der Waals surface area contributed by atoms with Gasteiger partial charge in [0.15, 0.2) is 9.84 Å². The van der Waals surface area contributed by atoms with Crippen LogP contribution in [0.2, 0.25) is 5.02 Å². The predicted molar refractivity (Wildman–Crippen MR) is 116 cm³/mol. The van der Waals surface area contributed by atoms with E-state index in [2.05, 4.69) is 4.90 Å². The van der Waals surface area contributed by atoms with Gasteiger partial charge in [-0.1, -0.05) is 11.6 Å². The van der Waals surface area contributed by atoms with Gasteiger partial charge < -0.3 is 4.74 Å². The third-order valence-electron chi connectivity index (χ3n) is 6.59. The molecule has 0 radical (unpaired) electrons. The van der Waals surface area contributed by atoms with E-state index in [0.29, 0.717) is 37.0 Å². The number of morpholine rings is 1. The lowest BCUT2D eigenvalue weighted by molar-refractivity contribution is 0.0268. The highest BCUT2D eigenvalue weighted by Crippen LogP contribution is 2.49. The Bertz CT molecular complexity index is 1020. The lowest BCUT2D eigenvalue weighted by Gasteiger charge is -2.41. The number of halogens is 3. The molecule has 1 heterocycles. The second-order valence-corrected chi connectivity index (χ2v) is 11.1. The maximum Gasteiger partial charge on any atom is 0.188 e. The minimum absolute atomic E-state index is 0.0761. The first-order chi connectivity index (χ1) is 14.8. The Morgan fingerprint density at radius 3 is 2.32 bits per heavy atom. The predicted octanol–water partition coefficient (Wildman–Crippen LogP) is 4.81. The number of hydrogen-bond donors (Lipinski definition) is 0. The SMILES string of the molecule is O=S(=O)(c1ccc(Cl)cc1)C1(c2cc(F)ccc2F)CCC(CN2CCOCC2)CC1. The van der Waals surface area contributed by atoms with E-state index in [1.54, 1.807) is 0 Å². The summed E-state index contributed by atoms with van der Waals surface area (Å²) < 4.78 is 60.5. The van der Waals surface area contributed by atoms with Crippen molar-refractivity contribution >= 4 is 21.4 Å². The van der Waals surface area contributed by atoms with E-state index in [1.165, 1.54) is 24.3 Å². The largest absolute Gasteiger partial charge is 0.379 e. The van der Waals surface area contributed by atoms with Crippen LogP contribution in [0, 0.1) is 17.6 Å². The van der Waals surface area contributed by atoms with Crippen molar-refractivity contribution in [1.29, 1.82) is 0 Å². The third-order valence-corrected chi connectivity index (χ3v) is 9.39. The Balaban J connectivity index is 1.68. The molecule has 31 heavy (non-hydrogen) atoms. The van der Waals surface area contributed by atoms with Gasteiger partial charge in [0.25, 0.3) is 0 Å². The molecule has 2 aromatic rings. The number of hydrogen-bond acceptors (Lipinski definition) is 4. The quantitative estimate of drug-likeness (QED) is 0.630. The molecule has 4 rings (SSSR count). The lowest BCUT2D eigenvalue weighted by Crippen LogP contribution is -2.44. The summed E-state index contributed by atoms with van der Waals surface area (Å²) in [5.41, 5.74) is -0.0766. The van der Waals surface area contributed by atoms with Gasteiger partial charge >= 0.3 is 0 Å². The molecule has 0 atom stereocenters. The Hall–Kier alpha value is -1.54. The topological polar surface area (TPSA) is 46.6 Å². The third kappa shape index (κ3) is 4.51. The summed E-state index contributed by atoms with van der Waals surface area (Å²) in [6.07, 6.45) is 1.74. The molecule has 0 bridgehead atoms. The highest BCUT2D eigenvalue weighted by Gasteiger charge is 2.50. The smallest absolute Gasteiger partial charge is 0.188 e. The van der Waals surface area contributed by atoms with Crippen molar-refractivity contribution in [2.45, 2.75) is 35.3 Å². The summed E-state index contributed by atoms with van der Waals surface area (Å²) in [6, 6.07) is 8.98. The molecule has 2 aliphatic rings. The van der Waals surface area contributed by atoms with E-state index in [0.717, 1.165) is 37.8 Å². The summed E-state index contributed by atoms with van der Waals surface area (Å²) in [6.45, 7) is 4.00. The molecule has 1 aliphatic carbocycles. The van der Waals surface area contributed by atoms with Gasteiger partial charge in [-0.2, -0.15) is 0 Å². The van der Waals surface area contributed by atoms with Crippen molar-refractivity contribution in [1.82, 2.24) is 4.90 Å². The summed E-state index contributed by atoms with van der Waals surface area (Å²) in [4.78, 5) is 2.41. The highest BCUT2D eigenvalue weighted by molar-refractivity contribution is 7.92. The Morgan fingerprint density at radius 1 is 1.03 bits per heavy atom. The fraction of sp³-hybridized carbons (Fsp3) is 0.478. The molecule has 8 heteroatoms. The summed E-state index contributed by atoms with van der Waals surface area (Å²) in [5, 5.41) is 0.416. The molecule has 168 valence electrons. The summed E-state index contributed by atoms with van der Waals surface area (Å²) in [7, 11) is -3.99. The van der Waals surface area contributed by atoms with Crippen LogP contribution in [0.25, 0.3) is 0 Å². The zero-order chi connectivity index (χ0) is 22.1. The normalized spacial score (nSPS) is 25.5. The minimum Gasteiger partial charge on any atom is -0.379 e. The highest BCUT2D eigenvalue weighted by atomic mass is 35.5. The fourth-order valence-electron chi connectivity index (χ4n) is 4.84. The number of benzene rings is 2. The molecule has 2 aromatic carbocycles. The van der Waals surface area contributed by atoms with Crippen molar-refractivity contribution in [3.05, 3.63) is 64.7 Å². The van der Waals surface area contributed by atoms with Crippen LogP contribution in [0.3, 0.4) is 0 Å². The second-order valence-electron chi connectivity index (χ2n) is 8.43. The maximum atomic E-state index is 14.9. The van der Waals surface area contributed by atoms with Gasteiger partial charge in [0, 0.05) is 30.2 Å². The van der Waals surface area contributed by atoms with Crippen LogP contribution in [0.15, 0.2) is 47.4 Å². The molecular formula is C23H26ClF2NO3S. The van der Waals surface area contributed by atoms with Gasteiger partial charge in [-0.05, 0) is 74.1 Å². The van der Waals surface area contributed by atoms with Gasteiger partial charge in [-0.3, -0.25) is 4.90 Å². The molecular weight excluding hydrogens is 444 g/mol. The van der Waals surface area contributed by atoms with Gasteiger partial charge in [-0.25, -0.2) is 17.2 Å². The average molecular weight is 470 g/mol. The first kappa shape index (κ1) is 22.6. The maximum absolute atomic E-state index is 14.9. The molecule has 1 saturated carbocycles. The lowest BCUT2D eigenvalue weighted by atomic mass is 9.77. The molecule has 0 N–H and O–H groups in total. The van der Waals surface area contributed by atoms with E-state index in [4.69, 9.17) is 16.3 Å². The van der Waals surface area contributed by atoms with Crippen LogP contribution < -0.4 is 0 Å². The first-order valence-electron chi connectivity index (χ1n) is 10.6. The Labute approximate surface area is 187 Å². The molecule has 0 aromatic heterocycles. The van der Waals surface area contributed by atoms with Crippen LogP contribution in [-0.2, 0) is 19.3 Å². The van der Waals surface area contributed by atoms with E-state index < -0.39 is 26.2 Å². The van der Waals surface area contributed by atoms with Gasteiger partial charge in [0.1, 0.15) is 16.4 Å². The number of rotatable bonds is 5. The van der Waals surface area contributed by atoms with E-state index in [1.807, 2.05) is 0 Å². The molecule has 0 spiro atoms. The minimum atomic E-state index is -3.99. The van der Waals surface area contributed by atoms with E-state index >= 15 is 0 Å². The molecule has 0 unspecified atom stereocenters. The van der Waals surface area contributed by atoms with Crippen molar-refractivity contribution in [2.75, 3.05) is 32.8 Å². The number of nitrogens with zero attached hydrogens (tertiary/aromatic N) is 1. The summed E-state index contributed by atoms with van der Waals surface area (Å²) in [5.74, 6) is -1.02. The standard InChI is InChI=1S/C23H26ClF2NO3S/c24-18-1-4-20(5-2-18)31(28,29)23(21-15-19(25)3-6-22(21)26)9-7-17(8-10-23)16-27-11-13-30-14-12-27/h1-6,15,17H,7-14,16H2. The first-order valence-corrected chi connectivity index (χ1v) is 12.4. The van der Waals surface area contributed by atoms with Crippen LogP contribution in [0.4, 0.5) is 8.78 Å². The second kappa shape index (κ2) is 9.14. The van der Waals surface area contributed by atoms with Crippen molar-refractivity contribution in [3.63, 3.8) is 0 Å². The zero-order valence-electron chi connectivity index (χ0n) is 17.2. The Morgan fingerprint density at radius 2 is 1.68 bits per heavy atom. The van der Waals surface area contributed by atoms with E-state index in [9.17, 15) is 17.2 Å². The van der Waals surface area contributed by atoms with Crippen molar-refractivity contribution in [3.8, 4) is 0 Å². The van der Waals surface area contributed by atoms with Crippen LogP contribution in [0.1, 0.15) is 31.2 Å². The van der Waals surface area contributed by atoms with Gasteiger partial charge in [0.2, 0.25) is 0 Å². The number of sulfone groups is 1. The summed E-state index contributed by atoms with van der Waals surface area (Å²) >= 11 is 5.94. The zero-order valence-corrected chi connectivity index (χ0v) is 18.8. The van der Waals surface area contributed by atoms with Crippen molar-refractivity contribution < 1.29 is 21.9 Å². The van der Waals surface area contributed by atoms with E-state index in [-0.39, 0.29) is 23.3 Å². The molecule has 1 saturated heterocycles. The molecule has 2 fully saturated rings. The van der Waals surface area contributed by atoms with Gasteiger partial charge in [-0.15, -0.1) is 0 Å². The van der Waals surface area contributed by atoms with Crippen LogP contribution in [-0.4, -0.2) is 46.2 Å². The van der Waals surface area contributed by atoms with Gasteiger partial charge in [0.05, 0.1) is 18.1 Å². The Kier molecular flexibility index (Phi) is 6.68. The average Bonchev–Trinajstić information content (AvgIpc) is 2.77. The fourth-order valence-corrected chi connectivity index (χ4v) is 7.13. The molecule has 4 nitrogen and oxygen atoms in total. The van der Waals surface area contributed by atoms with Crippen LogP contribution >= 0.6 is 11.6 Å². The number of ether oxygens (including phenoxy) is 1. The van der Waals surface area contributed by atoms with Crippen LogP contribution in [0.5, 0.6) is 0 Å². The van der Waals surface area contributed by atoms with Crippen molar-refractivity contribution in [2.24, 2.45) is 5.92 Å². The monoisotopic (exact) mass is 469 g/mol. The molecule has 0 amide bonds. The molecule has 1 aliphatic heterocycles.